The Morgan fingerprint density at radius 3 is 2.33 bits per heavy atom. The summed E-state index contributed by atoms with van der Waals surface area (Å²) >= 11 is 0. The van der Waals surface area contributed by atoms with Crippen molar-refractivity contribution in [2.24, 2.45) is 11.7 Å². The molecule has 1 saturated carbocycles. The highest BCUT2D eigenvalue weighted by molar-refractivity contribution is 4.82. The molecule has 0 spiro atoms. The number of piperazine rings is 1. The molecule has 1 heterocycles. The predicted molar refractivity (Wildman–Crippen MR) is 63.9 cm³/mol. The van der Waals surface area contributed by atoms with E-state index in [1.807, 2.05) is 0 Å². The van der Waals surface area contributed by atoms with Crippen LogP contribution in [0.1, 0.15) is 25.7 Å². The fourth-order valence-corrected chi connectivity index (χ4v) is 2.86. The summed E-state index contributed by atoms with van der Waals surface area (Å²) in [6, 6.07) is 0.427. The Balaban J connectivity index is 1.71. The van der Waals surface area contributed by atoms with E-state index < -0.39 is 0 Å². The largest absolute Gasteiger partial charge is 0.326 e. The maximum absolute atomic E-state index is 6.29. The van der Waals surface area contributed by atoms with Gasteiger partial charge in [0, 0.05) is 38.8 Å². The molecular weight excluding hydrogens is 186 g/mol. The molecule has 88 valence electrons. The zero-order valence-electron chi connectivity index (χ0n) is 9.99. The lowest BCUT2D eigenvalue weighted by Crippen LogP contribution is -2.50. The predicted octanol–water partition coefficient (Wildman–Crippen LogP) is 0.751. The molecule has 1 aliphatic heterocycles. The van der Waals surface area contributed by atoms with E-state index in [1.54, 1.807) is 0 Å². The molecule has 2 N–H and O–H groups in total. The summed E-state index contributed by atoms with van der Waals surface area (Å²) in [5.74, 6) is 0.810. The number of nitrogens with zero attached hydrogens (tertiary/aromatic N) is 2. The van der Waals surface area contributed by atoms with Crippen molar-refractivity contribution in [2.45, 2.75) is 31.7 Å². The third kappa shape index (κ3) is 3.16. The first-order valence-corrected chi connectivity index (χ1v) is 6.42. The summed E-state index contributed by atoms with van der Waals surface area (Å²) in [7, 11) is 2.20. The molecular formula is C12H25N3. The molecule has 0 aromatic heterocycles. The molecule has 0 bridgehead atoms. The molecule has 0 radical (unpaired) electrons. The van der Waals surface area contributed by atoms with Crippen LogP contribution >= 0.6 is 0 Å². The number of rotatable bonds is 3. The zero-order valence-corrected chi connectivity index (χ0v) is 9.99. The van der Waals surface area contributed by atoms with E-state index in [9.17, 15) is 0 Å². The van der Waals surface area contributed by atoms with Crippen molar-refractivity contribution in [2.75, 3.05) is 39.8 Å². The van der Waals surface area contributed by atoms with E-state index in [0.29, 0.717) is 6.04 Å². The van der Waals surface area contributed by atoms with E-state index in [1.165, 1.54) is 51.9 Å². The van der Waals surface area contributed by atoms with Gasteiger partial charge in [0.25, 0.3) is 0 Å². The average molecular weight is 211 g/mol. The smallest absolute Gasteiger partial charge is 0.0196 e. The lowest BCUT2D eigenvalue weighted by atomic mass is 9.98. The van der Waals surface area contributed by atoms with Gasteiger partial charge in [-0.15, -0.1) is 0 Å². The van der Waals surface area contributed by atoms with Crippen LogP contribution in [0.3, 0.4) is 0 Å². The molecule has 1 saturated heterocycles. The van der Waals surface area contributed by atoms with Gasteiger partial charge in [-0.2, -0.15) is 0 Å². The van der Waals surface area contributed by atoms with Gasteiger partial charge in [-0.05, 0) is 25.8 Å². The minimum Gasteiger partial charge on any atom is -0.326 e. The average Bonchev–Trinajstić information content (AvgIpc) is 2.74. The van der Waals surface area contributed by atoms with Crippen LogP contribution in [-0.2, 0) is 0 Å². The normalized spacial score (nSPS) is 28.4. The second kappa shape index (κ2) is 5.28. The van der Waals surface area contributed by atoms with Gasteiger partial charge in [0.2, 0.25) is 0 Å². The van der Waals surface area contributed by atoms with Gasteiger partial charge in [0.1, 0.15) is 0 Å². The topological polar surface area (TPSA) is 32.5 Å². The molecule has 3 heteroatoms. The Morgan fingerprint density at radius 1 is 1.13 bits per heavy atom. The minimum atomic E-state index is 0.427. The molecule has 1 unspecified atom stereocenters. The molecule has 1 aliphatic carbocycles. The van der Waals surface area contributed by atoms with Crippen molar-refractivity contribution in [3.05, 3.63) is 0 Å². The Morgan fingerprint density at radius 2 is 1.73 bits per heavy atom. The van der Waals surface area contributed by atoms with Gasteiger partial charge >= 0.3 is 0 Å². The standard InChI is InChI=1S/C12H25N3/c1-14-6-8-15(9-7-14)10-12(13)11-4-2-3-5-11/h11-12H,2-10,13H2,1H3. The number of likely N-dealkylation sites (N-methyl/N-ethyl adjacent to an activating group) is 1. The van der Waals surface area contributed by atoms with E-state index in [-0.39, 0.29) is 0 Å². The van der Waals surface area contributed by atoms with Crippen LogP contribution in [0.2, 0.25) is 0 Å². The molecule has 0 aromatic rings. The van der Waals surface area contributed by atoms with E-state index in [0.717, 1.165) is 12.5 Å². The van der Waals surface area contributed by atoms with Crippen LogP contribution < -0.4 is 5.73 Å². The van der Waals surface area contributed by atoms with E-state index in [2.05, 4.69) is 16.8 Å². The highest BCUT2D eigenvalue weighted by atomic mass is 15.2. The molecule has 0 amide bonds. The zero-order chi connectivity index (χ0) is 10.7. The highest BCUT2D eigenvalue weighted by Crippen LogP contribution is 2.27. The quantitative estimate of drug-likeness (QED) is 0.748. The summed E-state index contributed by atoms with van der Waals surface area (Å²) in [5.41, 5.74) is 6.29. The van der Waals surface area contributed by atoms with Gasteiger partial charge in [-0.3, -0.25) is 4.90 Å². The van der Waals surface area contributed by atoms with Crippen molar-refractivity contribution < 1.29 is 0 Å². The van der Waals surface area contributed by atoms with Crippen molar-refractivity contribution in [3.8, 4) is 0 Å². The number of hydrogen-bond acceptors (Lipinski definition) is 3. The Bertz CT molecular complexity index is 181. The van der Waals surface area contributed by atoms with Gasteiger partial charge in [0.15, 0.2) is 0 Å². The van der Waals surface area contributed by atoms with Crippen LogP contribution in [0.15, 0.2) is 0 Å². The van der Waals surface area contributed by atoms with Crippen LogP contribution in [0, 0.1) is 5.92 Å². The first kappa shape index (κ1) is 11.4. The Kier molecular flexibility index (Phi) is 4.00. The Hall–Kier alpha value is -0.120. The monoisotopic (exact) mass is 211 g/mol. The summed E-state index contributed by atoms with van der Waals surface area (Å²) < 4.78 is 0. The molecule has 2 rings (SSSR count). The lowest BCUT2D eigenvalue weighted by molar-refractivity contribution is 0.138. The maximum Gasteiger partial charge on any atom is 0.0196 e. The fraction of sp³-hybridized carbons (Fsp3) is 1.00. The molecule has 15 heavy (non-hydrogen) atoms. The first-order chi connectivity index (χ1) is 7.25. The van der Waals surface area contributed by atoms with E-state index >= 15 is 0 Å². The summed E-state index contributed by atoms with van der Waals surface area (Å²) in [6.45, 7) is 5.95. The highest BCUT2D eigenvalue weighted by Gasteiger charge is 2.24. The minimum absolute atomic E-state index is 0.427. The summed E-state index contributed by atoms with van der Waals surface area (Å²) in [6.07, 6.45) is 5.55. The third-order valence-electron chi connectivity index (χ3n) is 4.07. The van der Waals surface area contributed by atoms with Crippen LogP contribution in [0.25, 0.3) is 0 Å². The first-order valence-electron chi connectivity index (χ1n) is 6.42. The van der Waals surface area contributed by atoms with Gasteiger partial charge < -0.3 is 10.6 Å². The van der Waals surface area contributed by atoms with Crippen LogP contribution in [0.5, 0.6) is 0 Å². The number of hydrogen-bond donors (Lipinski definition) is 1. The van der Waals surface area contributed by atoms with Crippen molar-refractivity contribution >= 4 is 0 Å². The molecule has 2 aliphatic rings. The second-order valence-electron chi connectivity index (χ2n) is 5.31. The molecule has 0 aromatic carbocycles. The van der Waals surface area contributed by atoms with Crippen molar-refractivity contribution in [1.82, 2.24) is 9.80 Å². The van der Waals surface area contributed by atoms with Gasteiger partial charge in [-0.25, -0.2) is 0 Å². The third-order valence-corrected chi connectivity index (χ3v) is 4.07. The SMILES string of the molecule is CN1CCN(CC(N)C2CCCC2)CC1. The van der Waals surface area contributed by atoms with Gasteiger partial charge in [0.05, 0.1) is 0 Å². The van der Waals surface area contributed by atoms with Crippen LogP contribution in [-0.4, -0.2) is 55.6 Å². The van der Waals surface area contributed by atoms with Crippen LogP contribution in [0.4, 0.5) is 0 Å². The maximum atomic E-state index is 6.29. The molecule has 3 nitrogen and oxygen atoms in total. The molecule has 2 fully saturated rings. The van der Waals surface area contributed by atoms with E-state index in [4.69, 9.17) is 5.73 Å². The van der Waals surface area contributed by atoms with Crippen molar-refractivity contribution in [1.29, 1.82) is 0 Å². The Labute approximate surface area is 93.6 Å². The summed E-state index contributed by atoms with van der Waals surface area (Å²) in [5, 5.41) is 0. The molecule has 1 atom stereocenters. The number of nitrogens with two attached hydrogens (primary N) is 1. The van der Waals surface area contributed by atoms with Gasteiger partial charge in [-0.1, -0.05) is 12.8 Å². The lowest BCUT2D eigenvalue weighted by Gasteiger charge is -2.35. The fourth-order valence-electron chi connectivity index (χ4n) is 2.86. The van der Waals surface area contributed by atoms with Crippen molar-refractivity contribution in [3.63, 3.8) is 0 Å². The summed E-state index contributed by atoms with van der Waals surface area (Å²) in [4.78, 5) is 4.95. The second-order valence-corrected chi connectivity index (χ2v) is 5.31.